The zero-order chi connectivity index (χ0) is 8.10. The summed E-state index contributed by atoms with van der Waals surface area (Å²) >= 11 is 3.34. The van der Waals surface area contributed by atoms with E-state index in [0.717, 1.165) is 11.5 Å². The maximum absolute atomic E-state index is 5.59. The summed E-state index contributed by atoms with van der Waals surface area (Å²) < 4.78 is 4.19. The van der Waals surface area contributed by atoms with E-state index in [2.05, 4.69) is 10.4 Å². The van der Waals surface area contributed by atoms with E-state index in [0.29, 0.717) is 6.04 Å². The molecule has 1 atom stereocenters. The minimum Gasteiger partial charge on any atom is -0.327 e. The van der Waals surface area contributed by atoms with Gasteiger partial charge in [0.15, 0.2) is 0 Å². The van der Waals surface area contributed by atoms with Crippen molar-refractivity contribution in [2.45, 2.75) is 18.7 Å². The molecular formula is C7H14Br2N2S2. The Morgan fingerprint density at radius 1 is 1.62 bits per heavy atom. The van der Waals surface area contributed by atoms with Gasteiger partial charge in [-0.25, -0.2) is 0 Å². The van der Waals surface area contributed by atoms with Gasteiger partial charge in [0.05, 0.1) is 5.69 Å². The second-order valence-electron chi connectivity index (χ2n) is 2.48. The molecule has 0 aromatic carbocycles. The number of nitrogens with two attached hydrogens (primary N) is 1. The summed E-state index contributed by atoms with van der Waals surface area (Å²) in [7, 11) is 0. The molecular weight excluding hydrogens is 336 g/mol. The Bertz CT molecular complexity index is 192. The van der Waals surface area contributed by atoms with E-state index in [4.69, 9.17) is 5.73 Å². The highest BCUT2D eigenvalue weighted by atomic mass is 79.9. The molecule has 2 N–H and O–H groups in total. The van der Waals surface area contributed by atoms with E-state index in [-0.39, 0.29) is 34.0 Å². The van der Waals surface area contributed by atoms with Crippen LogP contribution >= 0.6 is 57.3 Å². The van der Waals surface area contributed by atoms with Gasteiger partial charge in [-0.2, -0.15) is 16.1 Å². The van der Waals surface area contributed by atoms with Crippen LogP contribution in [0.3, 0.4) is 0 Å². The molecule has 6 heteroatoms. The molecule has 0 saturated heterocycles. The van der Waals surface area contributed by atoms with Gasteiger partial charge in [0.25, 0.3) is 0 Å². The number of halogens is 2. The Morgan fingerprint density at radius 3 is 2.77 bits per heavy atom. The number of thioether (sulfide) groups is 1. The van der Waals surface area contributed by atoms with Crippen molar-refractivity contribution < 1.29 is 0 Å². The molecule has 0 radical (unpaired) electrons. The number of hydrogen-bond acceptors (Lipinski definition) is 4. The van der Waals surface area contributed by atoms with Crippen LogP contribution in [0.2, 0.25) is 0 Å². The number of hydrogen-bond donors (Lipinski definition) is 1. The highest BCUT2D eigenvalue weighted by Gasteiger charge is 1.97. The third kappa shape index (κ3) is 7.93. The number of aromatic nitrogens is 1. The van der Waals surface area contributed by atoms with Gasteiger partial charge in [-0.3, -0.25) is 0 Å². The van der Waals surface area contributed by atoms with Crippen LogP contribution in [0.4, 0.5) is 0 Å². The number of nitrogens with zero attached hydrogens (tertiary/aromatic N) is 1. The van der Waals surface area contributed by atoms with Gasteiger partial charge >= 0.3 is 0 Å². The average molecular weight is 350 g/mol. The average Bonchev–Trinajstić information content (AvgIpc) is 2.39. The molecule has 0 bridgehead atoms. The lowest BCUT2D eigenvalue weighted by atomic mass is 10.4. The van der Waals surface area contributed by atoms with Gasteiger partial charge in [0.1, 0.15) is 0 Å². The third-order valence-electron chi connectivity index (χ3n) is 1.12. The SMILES string of the molecule is Br.Br.CC(N)CSCc1ccsn1. The summed E-state index contributed by atoms with van der Waals surface area (Å²) in [6.45, 7) is 2.02. The van der Waals surface area contributed by atoms with E-state index in [9.17, 15) is 0 Å². The molecule has 1 unspecified atom stereocenters. The molecule has 13 heavy (non-hydrogen) atoms. The van der Waals surface area contributed by atoms with E-state index in [1.54, 1.807) is 0 Å². The predicted octanol–water partition coefficient (Wildman–Crippen LogP) is 2.88. The maximum Gasteiger partial charge on any atom is 0.0641 e. The van der Waals surface area contributed by atoms with Crippen molar-refractivity contribution in [2.75, 3.05) is 5.75 Å². The van der Waals surface area contributed by atoms with E-state index < -0.39 is 0 Å². The summed E-state index contributed by atoms with van der Waals surface area (Å²) in [5.74, 6) is 2.00. The molecule has 1 aromatic rings. The molecule has 0 aliphatic heterocycles. The minimum atomic E-state index is 0. The van der Waals surface area contributed by atoms with Crippen molar-refractivity contribution in [3.63, 3.8) is 0 Å². The Labute approximate surface area is 108 Å². The summed E-state index contributed by atoms with van der Waals surface area (Å²) in [4.78, 5) is 0. The van der Waals surface area contributed by atoms with Gasteiger partial charge in [0.2, 0.25) is 0 Å². The van der Waals surface area contributed by atoms with Crippen molar-refractivity contribution in [1.82, 2.24) is 4.37 Å². The topological polar surface area (TPSA) is 38.9 Å². The standard InChI is InChI=1S/C7H12N2S2.2BrH/c1-6(8)4-10-5-7-2-3-11-9-7;;/h2-3,6H,4-5,8H2,1H3;2*1H. The summed E-state index contributed by atoms with van der Waals surface area (Å²) in [5.41, 5.74) is 6.76. The number of rotatable bonds is 4. The van der Waals surface area contributed by atoms with Gasteiger partial charge < -0.3 is 5.73 Å². The molecule has 2 nitrogen and oxygen atoms in total. The fourth-order valence-corrected chi connectivity index (χ4v) is 2.14. The molecule has 0 amide bonds. The van der Waals surface area contributed by atoms with Crippen molar-refractivity contribution in [2.24, 2.45) is 5.73 Å². The van der Waals surface area contributed by atoms with Crippen LogP contribution in [0, 0.1) is 0 Å². The Hall–Kier alpha value is 0.900. The lowest BCUT2D eigenvalue weighted by Crippen LogP contribution is -2.17. The van der Waals surface area contributed by atoms with Crippen LogP contribution in [0.15, 0.2) is 11.4 Å². The first kappa shape index (κ1) is 16.3. The Kier molecular flexibility index (Phi) is 11.9. The zero-order valence-corrected chi connectivity index (χ0v) is 12.4. The summed E-state index contributed by atoms with van der Waals surface area (Å²) in [6, 6.07) is 2.34. The molecule has 78 valence electrons. The summed E-state index contributed by atoms with van der Waals surface area (Å²) in [5, 5.41) is 2.00. The smallest absolute Gasteiger partial charge is 0.0641 e. The normalized spacial score (nSPS) is 11.2. The van der Waals surface area contributed by atoms with Crippen molar-refractivity contribution in [3.8, 4) is 0 Å². The first-order valence-corrected chi connectivity index (χ1v) is 5.50. The van der Waals surface area contributed by atoms with Crippen LogP contribution in [0.25, 0.3) is 0 Å². The monoisotopic (exact) mass is 348 g/mol. The van der Waals surface area contributed by atoms with Gasteiger partial charge in [-0.15, -0.1) is 34.0 Å². The quantitative estimate of drug-likeness (QED) is 0.908. The molecule has 0 aliphatic carbocycles. The van der Waals surface area contributed by atoms with Gasteiger partial charge in [-0.1, -0.05) is 0 Å². The van der Waals surface area contributed by atoms with Crippen molar-refractivity contribution in [3.05, 3.63) is 17.1 Å². The molecule has 0 spiro atoms. The zero-order valence-electron chi connectivity index (χ0n) is 7.30. The summed E-state index contributed by atoms with van der Waals surface area (Å²) in [6.07, 6.45) is 0. The van der Waals surface area contributed by atoms with Crippen LogP contribution in [-0.2, 0) is 5.75 Å². The Morgan fingerprint density at radius 2 is 2.31 bits per heavy atom. The Balaban J connectivity index is 0. The van der Waals surface area contributed by atoms with E-state index >= 15 is 0 Å². The van der Waals surface area contributed by atoms with Crippen molar-refractivity contribution in [1.29, 1.82) is 0 Å². The van der Waals surface area contributed by atoms with E-state index in [1.165, 1.54) is 17.2 Å². The fraction of sp³-hybridized carbons (Fsp3) is 0.571. The second kappa shape index (κ2) is 9.45. The van der Waals surface area contributed by atoms with Crippen LogP contribution < -0.4 is 5.73 Å². The largest absolute Gasteiger partial charge is 0.327 e. The minimum absolute atomic E-state index is 0. The van der Waals surface area contributed by atoms with Crippen LogP contribution in [-0.4, -0.2) is 16.2 Å². The maximum atomic E-state index is 5.59. The lowest BCUT2D eigenvalue weighted by Gasteiger charge is -2.01. The third-order valence-corrected chi connectivity index (χ3v) is 2.98. The molecule has 1 aromatic heterocycles. The predicted molar refractivity (Wildman–Crippen MR) is 72.6 cm³/mol. The molecule has 0 fully saturated rings. The van der Waals surface area contributed by atoms with Crippen LogP contribution in [0.5, 0.6) is 0 Å². The lowest BCUT2D eigenvalue weighted by molar-refractivity contribution is 0.847. The van der Waals surface area contributed by atoms with Gasteiger partial charge in [0, 0.05) is 22.9 Å². The first-order valence-electron chi connectivity index (χ1n) is 3.51. The van der Waals surface area contributed by atoms with Crippen molar-refractivity contribution >= 4 is 57.3 Å². The second-order valence-corrected chi connectivity index (χ2v) is 4.18. The first-order chi connectivity index (χ1) is 5.29. The fourth-order valence-electron chi connectivity index (χ4n) is 0.661. The van der Waals surface area contributed by atoms with E-state index in [1.807, 2.05) is 24.1 Å². The van der Waals surface area contributed by atoms with Gasteiger partial charge in [-0.05, 0) is 24.5 Å². The highest BCUT2D eigenvalue weighted by molar-refractivity contribution is 8.93. The molecule has 1 heterocycles. The molecule has 1 rings (SSSR count). The molecule has 0 saturated carbocycles. The molecule has 0 aliphatic rings. The van der Waals surface area contributed by atoms with Crippen LogP contribution in [0.1, 0.15) is 12.6 Å². The highest BCUT2D eigenvalue weighted by Crippen LogP contribution is 2.11.